The molecule has 0 aromatic carbocycles. The van der Waals surface area contributed by atoms with Gasteiger partial charge in [0.2, 0.25) is 0 Å². The second-order valence-electron chi connectivity index (χ2n) is 5.04. The number of ether oxygens (including phenoxy) is 1. The Hall–Kier alpha value is -0.845. The molecular weight excluding hydrogens is 236 g/mol. The second-order valence-corrected chi connectivity index (χ2v) is 5.04. The Bertz CT molecular complexity index is 259. The lowest BCUT2D eigenvalue weighted by molar-refractivity contribution is -0.163. The molecule has 7 heteroatoms. The Kier molecular flexibility index (Phi) is 5.38. The van der Waals surface area contributed by atoms with Crippen LogP contribution in [0.1, 0.15) is 34.6 Å². The number of esters is 1. The maximum Gasteiger partial charge on any atom is 0.640 e. The van der Waals surface area contributed by atoms with E-state index in [1.165, 1.54) is 6.42 Å². The van der Waals surface area contributed by atoms with Crippen molar-refractivity contribution >= 4 is 13.1 Å². The Morgan fingerprint density at radius 3 is 2.00 bits per heavy atom. The third-order valence-corrected chi connectivity index (χ3v) is 1.50. The molecule has 100 valence electrons. The van der Waals surface area contributed by atoms with E-state index in [9.17, 15) is 17.7 Å². The molecule has 17 heavy (non-hydrogen) atoms. The molecule has 0 amide bonds. The van der Waals surface area contributed by atoms with Crippen molar-refractivity contribution in [1.82, 2.24) is 0 Å². The third-order valence-electron chi connectivity index (χ3n) is 1.50. The van der Waals surface area contributed by atoms with Gasteiger partial charge in [-0.25, -0.2) is 4.79 Å². The molecule has 0 aliphatic carbocycles. The molecule has 0 rings (SSSR count). The van der Waals surface area contributed by atoms with E-state index < -0.39 is 24.9 Å². The lowest BCUT2D eigenvalue weighted by atomic mass is 10.0. The van der Waals surface area contributed by atoms with Gasteiger partial charge in [-0.2, -0.15) is 0 Å². The van der Waals surface area contributed by atoms with Crippen molar-refractivity contribution in [1.29, 1.82) is 0 Å². The van der Waals surface area contributed by atoms with E-state index >= 15 is 0 Å². The van der Waals surface area contributed by atoms with Gasteiger partial charge in [0, 0.05) is 0 Å². The van der Waals surface area contributed by atoms with Crippen molar-refractivity contribution in [2.75, 3.05) is 0 Å². The summed E-state index contributed by atoms with van der Waals surface area (Å²) in [6.45, 7) is 8.05. The van der Waals surface area contributed by atoms with Gasteiger partial charge in [-0.1, -0.05) is 0 Å². The second kappa shape index (κ2) is 5.66. The summed E-state index contributed by atoms with van der Waals surface area (Å²) in [6, 6.07) is 0. The fourth-order valence-corrected chi connectivity index (χ4v) is 1.06. The van der Waals surface area contributed by atoms with E-state index in [2.05, 4.69) is 4.65 Å². The number of hydrogen-bond acceptors (Lipinski definition) is 3. The molecule has 0 saturated heterocycles. The first-order chi connectivity index (χ1) is 7.41. The smallest absolute Gasteiger partial charge is 0.461 e. The minimum Gasteiger partial charge on any atom is -0.461 e. The van der Waals surface area contributed by atoms with Gasteiger partial charge in [0.1, 0.15) is 12.0 Å². The Balaban J connectivity index is 4.63. The first-order valence-electron chi connectivity index (χ1n) is 5.35. The summed E-state index contributed by atoms with van der Waals surface area (Å²) in [4.78, 5) is 11.5. The molecule has 1 atom stereocenters. The Morgan fingerprint density at radius 1 is 1.24 bits per heavy atom. The van der Waals surface area contributed by atoms with Crippen molar-refractivity contribution in [2.45, 2.75) is 46.3 Å². The highest BCUT2D eigenvalue weighted by atomic mass is 19.4. The zero-order chi connectivity index (χ0) is 13.9. The quantitative estimate of drug-likeness (QED) is 0.430. The highest BCUT2D eigenvalue weighted by Gasteiger charge is 2.40. The van der Waals surface area contributed by atoms with Crippen molar-refractivity contribution in [2.24, 2.45) is 5.92 Å². The first-order valence-corrected chi connectivity index (χ1v) is 5.35. The highest BCUT2D eigenvalue weighted by molar-refractivity contribution is 6.51. The number of halogens is 3. The largest absolute Gasteiger partial charge is 0.640 e. The van der Waals surface area contributed by atoms with Crippen molar-refractivity contribution in [3.63, 3.8) is 0 Å². The van der Waals surface area contributed by atoms with Crippen LogP contribution < -0.4 is 0 Å². The summed E-state index contributed by atoms with van der Waals surface area (Å²) in [5.74, 6) is -1.24. The SMILES string of the molecule is CC(C)[CH+]C(O[B-](F)(F)F)C(=O)OC(C)(C)C. The van der Waals surface area contributed by atoms with E-state index in [1.807, 2.05) is 0 Å². The van der Waals surface area contributed by atoms with Crippen LogP contribution in [0, 0.1) is 12.3 Å². The van der Waals surface area contributed by atoms with E-state index in [1.54, 1.807) is 34.6 Å². The van der Waals surface area contributed by atoms with E-state index in [-0.39, 0.29) is 5.92 Å². The summed E-state index contributed by atoms with van der Waals surface area (Å²) in [6.07, 6.45) is -0.530. The minimum absolute atomic E-state index is 0.217. The molecule has 0 saturated carbocycles. The summed E-state index contributed by atoms with van der Waals surface area (Å²) in [7, 11) is -5.49. The topological polar surface area (TPSA) is 35.5 Å². The summed E-state index contributed by atoms with van der Waals surface area (Å²) in [5.41, 5.74) is -0.845. The number of rotatable bonds is 5. The molecule has 3 nitrogen and oxygen atoms in total. The molecule has 0 spiro atoms. The fourth-order valence-electron chi connectivity index (χ4n) is 1.06. The van der Waals surface area contributed by atoms with E-state index in [0.29, 0.717) is 0 Å². The maximum absolute atomic E-state index is 12.2. The van der Waals surface area contributed by atoms with Crippen LogP contribution in [0.3, 0.4) is 0 Å². The molecule has 0 fully saturated rings. The summed E-state index contributed by atoms with van der Waals surface area (Å²) in [5, 5.41) is 0. The summed E-state index contributed by atoms with van der Waals surface area (Å²) >= 11 is 0. The number of hydrogen-bond donors (Lipinski definition) is 0. The molecule has 0 bridgehead atoms. The van der Waals surface area contributed by atoms with E-state index in [4.69, 9.17) is 4.74 Å². The van der Waals surface area contributed by atoms with Crippen LogP contribution in [0.25, 0.3) is 0 Å². The average Bonchev–Trinajstić information content (AvgIpc) is 1.95. The van der Waals surface area contributed by atoms with Gasteiger partial charge < -0.3 is 22.3 Å². The van der Waals surface area contributed by atoms with Gasteiger partial charge in [0.15, 0.2) is 0 Å². The van der Waals surface area contributed by atoms with Crippen molar-refractivity contribution < 1.29 is 27.1 Å². The molecule has 0 aliphatic heterocycles. The lowest BCUT2D eigenvalue weighted by Crippen LogP contribution is -2.40. The molecule has 0 aliphatic rings. The van der Waals surface area contributed by atoms with E-state index in [0.717, 1.165) is 0 Å². The van der Waals surface area contributed by atoms with Gasteiger partial charge in [0.05, 0.1) is 5.92 Å². The zero-order valence-electron chi connectivity index (χ0n) is 10.7. The third kappa shape index (κ3) is 8.91. The lowest BCUT2D eigenvalue weighted by Gasteiger charge is -2.25. The van der Waals surface area contributed by atoms with Crippen LogP contribution in [-0.4, -0.2) is 24.9 Å². The van der Waals surface area contributed by atoms with Crippen LogP contribution >= 0.6 is 0 Å². The van der Waals surface area contributed by atoms with Gasteiger partial charge in [0.25, 0.3) is 6.10 Å². The van der Waals surface area contributed by atoms with Crippen LogP contribution in [0.15, 0.2) is 0 Å². The molecular formula is C10H18BF3O3. The molecule has 0 radical (unpaired) electrons. The predicted molar refractivity (Wildman–Crippen MR) is 58.9 cm³/mol. The normalized spacial score (nSPS) is 14.6. The number of carbonyl (C=O) groups is 1. The van der Waals surface area contributed by atoms with Crippen LogP contribution in [0.4, 0.5) is 12.9 Å². The van der Waals surface area contributed by atoms with Crippen LogP contribution in [0.5, 0.6) is 0 Å². The van der Waals surface area contributed by atoms with Crippen molar-refractivity contribution in [3.05, 3.63) is 6.42 Å². The predicted octanol–water partition coefficient (Wildman–Crippen LogP) is 2.92. The molecule has 0 heterocycles. The van der Waals surface area contributed by atoms with Crippen molar-refractivity contribution in [3.8, 4) is 0 Å². The first kappa shape index (κ1) is 16.2. The Labute approximate surface area is 99.7 Å². The average molecular weight is 254 g/mol. The van der Waals surface area contributed by atoms with Crippen LogP contribution in [0.2, 0.25) is 0 Å². The molecule has 0 N–H and O–H groups in total. The number of carbonyl (C=O) groups excluding carboxylic acids is 1. The monoisotopic (exact) mass is 254 g/mol. The highest BCUT2D eigenvalue weighted by Crippen LogP contribution is 2.20. The van der Waals surface area contributed by atoms with Gasteiger partial charge in [-0.15, -0.1) is 0 Å². The minimum atomic E-state index is -5.49. The molecule has 0 aromatic heterocycles. The molecule has 0 aromatic rings. The molecule has 1 unspecified atom stereocenters. The Morgan fingerprint density at radius 2 is 1.71 bits per heavy atom. The van der Waals surface area contributed by atoms with Crippen LogP contribution in [-0.2, 0) is 14.2 Å². The van der Waals surface area contributed by atoms with Gasteiger partial charge in [-0.05, 0) is 34.6 Å². The zero-order valence-corrected chi connectivity index (χ0v) is 10.7. The summed E-state index contributed by atoms with van der Waals surface area (Å²) < 4.78 is 45.1. The maximum atomic E-state index is 12.2. The van der Waals surface area contributed by atoms with Gasteiger partial charge in [-0.3, -0.25) is 0 Å². The standard InChI is InChI=1S/C10H18BF3O3/c1-7(2)6-8(17-11(12,13)14)9(15)16-10(3,4)5/h6-8H,1-5H3. The fraction of sp³-hybridized carbons (Fsp3) is 0.800. The van der Waals surface area contributed by atoms with Gasteiger partial charge >= 0.3 is 13.1 Å².